The van der Waals surface area contributed by atoms with Gasteiger partial charge in [-0.2, -0.15) is 13.2 Å². The molecule has 2 aromatic rings. The molecule has 1 aliphatic rings. The predicted octanol–water partition coefficient (Wildman–Crippen LogP) is 4.04. The lowest BCUT2D eigenvalue weighted by Gasteiger charge is -2.29. The van der Waals surface area contributed by atoms with Gasteiger partial charge in [0.1, 0.15) is 6.54 Å². The first kappa shape index (κ1) is 15.6. The van der Waals surface area contributed by atoms with Crippen LogP contribution in [0.25, 0.3) is 11.1 Å². The Morgan fingerprint density at radius 2 is 1.48 bits per heavy atom. The van der Waals surface area contributed by atoms with Crippen LogP contribution in [0.3, 0.4) is 0 Å². The number of fused-ring (bicyclic) bond motifs is 3. The van der Waals surface area contributed by atoms with Crippen LogP contribution in [-0.2, 0) is 10.2 Å². The number of amides is 1. The van der Waals surface area contributed by atoms with Crippen molar-refractivity contribution >= 4 is 5.91 Å². The van der Waals surface area contributed by atoms with Gasteiger partial charge in [-0.3, -0.25) is 4.79 Å². The van der Waals surface area contributed by atoms with Gasteiger partial charge in [0.05, 0.1) is 5.41 Å². The largest absolute Gasteiger partial charge is 0.405 e. The van der Waals surface area contributed by atoms with Crippen LogP contribution in [0.1, 0.15) is 24.5 Å². The Bertz CT molecular complexity index is 706. The monoisotopic (exact) mass is 319 g/mol. The summed E-state index contributed by atoms with van der Waals surface area (Å²) in [7, 11) is 0. The van der Waals surface area contributed by atoms with E-state index in [-0.39, 0.29) is 0 Å². The second kappa shape index (κ2) is 5.41. The molecule has 1 N–H and O–H groups in total. The van der Waals surface area contributed by atoms with Gasteiger partial charge in [-0.05, 0) is 28.7 Å². The fourth-order valence-corrected chi connectivity index (χ4v) is 3.44. The molecular formula is C18H16F3NO. The van der Waals surface area contributed by atoms with Gasteiger partial charge in [0.15, 0.2) is 0 Å². The molecule has 0 aromatic heterocycles. The summed E-state index contributed by atoms with van der Waals surface area (Å²) >= 11 is 0. The molecule has 23 heavy (non-hydrogen) atoms. The topological polar surface area (TPSA) is 29.1 Å². The van der Waals surface area contributed by atoms with E-state index in [1.54, 1.807) is 0 Å². The normalized spacial score (nSPS) is 15.0. The number of carbonyl (C=O) groups is 1. The van der Waals surface area contributed by atoms with Crippen molar-refractivity contribution in [2.75, 3.05) is 6.54 Å². The van der Waals surface area contributed by atoms with Crippen LogP contribution in [-0.4, -0.2) is 18.6 Å². The average molecular weight is 319 g/mol. The number of hydrogen-bond acceptors (Lipinski definition) is 1. The maximum atomic E-state index is 12.8. The summed E-state index contributed by atoms with van der Waals surface area (Å²) < 4.78 is 37.5. The summed E-state index contributed by atoms with van der Waals surface area (Å²) in [5.41, 5.74) is 2.28. The fourth-order valence-electron chi connectivity index (χ4n) is 3.44. The first-order chi connectivity index (χ1) is 10.9. The van der Waals surface area contributed by atoms with Gasteiger partial charge in [-0.25, -0.2) is 0 Å². The lowest BCUT2D eigenvalue weighted by Crippen LogP contribution is -2.46. The third-order valence-corrected chi connectivity index (χ3v) is 4.43. The van der Waals surface area contributed by atoms with Crippen molar-refractivity contribution in [3.8, 4) is 11.1 Å². The van der Waals surface area contributed by atoms with Gasteiger partial charge in [-0.1, -0.05) is 55.5 Å². The van der Waals surface area contributed by atoms with Crippen LogP contribution in [0.5, 0.6) is 0 Å². The summed E-state index contributed by atoms with van der Waals surface area (Å²) in [5.74, 6) is -0.602. The van der Waals surface area contributed by atoms with Gasteiger partial charge in [-0.15, -0.1) is 0 Å². The van der Waals surface area contributed by atoms with Crippen LogP contribution < -0.4 is 5.32 Å². The summed E-state index contributed by atoms with van der Waals surface area (Å²) in [5, 5.41) is 2.07. The van der Waals surface area contributed by atoms with Crippen molar-refractivity contribution in [1.82, 2.24) is 5.32 Å². The number of rotatable bonds is 3. The zero-order valence-corrected chi connectivity index (χ0v) is 12.6. The minimum atomic E-state index is -4.43. The molecule has 0 heterocycles. The van der Waals surface area contributed by atoms with Crippen molar-refractivity contribution < 1.29 is 18.0 Å². The first-order valence-electron chi connectivity index (χ1n) is 7.44. The predicted molar refractivity (Wildman–Crippen MR) is 82.0 cm³/mol. The highest BCUT2D eigenvalue weighted by molar-refractivity contribution is 6.00. The Morgan fingerprint density at radius 3 is 1.91 bits per heavy atom. The van der Waals surface area contributed by atoms with Gasteiger partial charge in [0.25, 0.3) is 0 Å². The highest BCUT2D eigenvalue weighted by atomic mass is 19.4. The number of nitrogens with one attached hydrogen (secondary N) is 1. The molecule has 120 valence electrons. The lowest BCUT2D eigenvalue weighted by molar-refractivity contribution is -0.141. The van der Waals surface area contributed by atoms with Crippen molar-refractivity contribution in [1.29, 1.82) is 0 Å². The maximum Gasteiger partial charge on any atom is 0.405 e. The number of benzene rings is 2. The van der Waals surface area contributed by atoms with Gasteiger partial charge >= 0.3 is 6.18 Å². The Hall–Kier alpha value is -2.30. The standard InChI is InChI=1S/C18H16F3NO/c1-2-17(16(23)22-11-18(19,20)21)14-9-5-3-7-12(14)13-8-4-6-10-15(13)17/h3-10H,2,11H2,1H3,(H,22,23). The van der Waals surface area contributed by atoms with Gasteiger partial charge in [0, 0.05) is 0 Å². The molecule has 0 saturated carbocycles. The van der Waals surface area contributed by atoms with Gasteiger partial charge < -0.3 is 5.32 Å². The molecule has 2 nitrogen and oxygen atoms in total. The third-order valence-electron chi connectivity index (χ3n) is 4.43. The molecule has 2 aromatic carbocycles. The zero-order chi connectivity index (χ0) is 16.7. The number of alkyl halides is 3. The van der Waals surface area contributed by atoms with E-state index in [9.17, 15) is 18.0 Å². The number of hydrogen-bond donors (Lipinski definition) is 1. The third kappa shape index (κ3) is 2.40. The van der Waals surface area contributed by atoms with E-state index in [2.05, 4.69) is 5.32 Å². The molecular weight excluding hydrogens is 303 g/mol. The SMILES string of the molecule is CCC1(C(=O)NCC(F)(F)F)c2ccccc2-c2ccccc21. The van der Waals surface area contributed by atoms with E-state index >= 15 is 0 Å². The molecule has 0 unspecified atom stereocenters. The summed E-state index contributed by atoms with van der Waals surface area (Å²) in [6.45, 7) is 0.504. The van der Waals surface area contributed by atoms with Crippen LogP contribution in [0.4, 0.5) is 13.2 Å². The molecule has 1 aliphatic carbocycles. The molecule has 0 fully saturated rings. The highest BCUT2D eigenvalue weighted by Gasteiger charge is 2.48. The Balaban J connectivity index is 2.12. The molecule has 0 saturated heterocycles. The molecule has 1 amide bonds. The minimum absolute atomic E-state index is 0.394. The molecule has 0 radical (unpaired) electrons. The Labute approximate surface area is 132 Å². The van der Waals surface area contributed by atoms with Gasteiger partial charge in [0.2, 0.25) is 5.91 Å². The van der Waals surface area contributed by atoms with E-state index in [4.69, 9.17) is 0 Å². The molecule has 3 rings (SSSR count). The number of halogens is 3. The van der Waals surface area contributed by atoms with Crippen LogP contribution in [0, 0.1) is 0 Å². The smallest absolute Gasteiger partial charge is 0.346 e. The van der Waals surface area contributed by atoms with E-state index in [0.29, 0.717) is 6.42 Å². The second-order valence-corrected chi connectivity index (χ2v) is 5.65. The van der Waals surface area contributed by atoms with Crippen molar-refractivity contribution in [2.24, 2.45) is 0 Å². The quantitative estimate of drug-likeness (QED) is 0.909. The zero-order valence-electron chi connectivity index (χ0n) is 12.6. The summed E-state index contributed by atoms with van der Waals surface area (Å²) in [6.07, 6.45) is -4.03. The second-order valence-electron chi connectivity index (χ2n) is 5.65. The molecule has 0 aliphatic heterocycles. The first-order valence-corrected chi connectivity index (χ1v) is 7.44. The molecule has 0 bridgehead atoms. The lowest BCUT2D eigenvalue weighted by atomic mass is 9.75. The van der Waals surface area contributed by atoms with Crippen molar-refractivity contribution in [3.63, 3.8) is 0 Å². The van der Waals surface area contributed by atoms with Crippen LogP contribution >= 0.6 is 0 Å². The molecule has 0 atom stereocenters. The minimum Gasteiger partial charge on any atom is -0.346 e. The Morgan fingerprint density at radius 1 is 1.00 bits per heavy atom. The summed E-state index contributed by atoms with van der Waals surface area (Å²) in [4.78, 5) is 12.8. The van der Waals surface area contributed by atoms with E-state index < -0.39 is 24.0 Å². The van der Waals surface area contributed by atoms with Crippen molar-refractivity contribution in [3.05, 3.63) is 59.7 Å². The molecule has 0 spiro atoms. The van der Waals surface area contributed by atoms with E-state index in [1.165, 1.54) is 0 Å². The van der Waals surface area contributed by atoms with Crippen LogP contribution in [0.15, 0.2) is 48.5 Å². The average Bonchev–Trinajstić information content (AvgIpc) is 2.83. The highest BCUT2D eigenvalue weighted by Crippen LogP contribution is 2.50. The van der Waals surface area contributed by atoms with E-state index in [0.717, 1.165) is 22.3 Å². The van der Waals surface area contributed by atoms with Crippen molar-refractivity contribution in [2.45, 2.75) is 24.9 Å². The molecule has 5 heteroatoms. The Kier molecular flexibility index (Phi) is 3.66. The fraction of sp³-hybridized carbons (Fsp3) is 0.278. The van der Waals surface area contributed by atoms with Crippen LogP contribution in [0.2, 0.25) is 0 Å². The number of carbonyl (C=O) groups excluding carboxylic acids is 1. The van der Waals surface area contributed by atoms with E-state index in [1.807, 2.05) is 55.5 Å². The maximum absolute atomic E-state index is 12.8. The summed E-state index contributed by atoms with van der Waals surface area (Å²) in [6, 6.07) is 14.8.